The lowest BCUT2D eigenvalue weighted by atomic mass is 10.1. The van der Waals surface area contributed by atoms with Crippen LogP contribution in [0.25, 0.3) is 0 Å². The normalized spacial score (nSPS) is 10.1. The van der Waals surface area contributed by atoms with E-state index in [1.807, 2.05) is 13.8 Å². The number of likely N-dealkylation sites (N-methyl/N-ethyl adjacent to an activating group) is 1. The van der Waals surface area contributed by atoms with Crippen molar-refractivity contribution in [3.05, 3.63) is 23.8 Å². The fraction of sp³-hybridized carbons (Fsp3) is 0.462. The number of hydrogen-bond acceptors (Lipinski definition) is 3. The van der Waals surface area contributed by atoms with Gasteiger partial charge in [-0.3, -0.25) is 4.79 Å². The zero-order valence-corrected chi connectivity index (χ0v) is 10.6. The Morgan fingerprint density at radius 2 is 1.94 bits per heavy atom. The van der Waals surface area contributed by atoms with Crippen molar-refractivity contribution in [2.24, 2.45) is 0 Å². The molecule has 0 aliphatic rings. The highest BCUT2D eigenvalue weighted by molar-refractivity contribution is 5.79. The Kier molecular flexibility index (Phi) is 4.82. The number of aromatic hydroxyl groups is 1. The van der Waals surface area contributed by atoms with Crippen molar-refractivity contribution < 1.29 is 14.6 Å². The summed E-state index contributed by atoms with van der Waals surface area (Å²) >= 11 is 0. The molecule has 1 amide bonds. The number of methoxy groups -OCH3 is 1. The number of rotatable bonds is 5. The number of phenols is 1. The molecule has 4 nitrogen and oxygen atoms in total. The number of nitrogens with zero attached hydrogens (tertiary/aromatic N) is 1. The highest BCUT2D eigenvalue weighted by Gasteiger charge is 2.11. The van der Waals surface area contributed by atoms with E-state index < -0.39 is 0 Å². The van der Waals surface area contributed by atoms with E-state index in [-0.39, 0.29) is 18.1 Å². The van der Waals surface area contributed by atoms with Gasteiger partial charge in [-0.1, -0.05) is 0 Å². The summed E-state index contributed by atoms with van der Waals surface area (Å²) in [6, 6.07) is 4.87. The van der Waals surface area contributed by atoms with Crippen LogP contribution in [-0.4, -0.2) is 36.1 Å². The average Bonchev–Trinajstić information content (AvgIpc) is 2.29. The van der Waals surface area contributed by atoms with Crippen LogP contribution in [0.5, 0.6) is 11.5 Å². The summed E-state index contributed by atoms with van der Waals surface area (Å²) in [5, 5.41) is 9.49. The van der Waals surface area contributed by atoms with Crippen molar-refractivity contribution in [1.29, 1.82) is 0 Å². The molecule has 0 atom stereocenters. The summed E-state index contributed by atoms with van der Waals surface area (Å²) in [6.07, 6.45) is 0.284. The third-order valence-electron chi connectivity index (χ3n) is 2.66. The first-order chi connectivity index (χ1) is 8.10. The van der Waals surface area contributed by atoms with Gasteiger partial charge in [-0.15, -0.1) is 0 Å². The van der Waals surface area contributed by atoms with Gasteiger partial charge in [0.05, 0.1) is 13.5 Å². The molecule has 4 heteroatoms. The molecule has 0 fully saturated rings. The molecule has 0 heterocycles. The Hall–Kier alpha value is -1.71. The third kappa shape index (κ3) is 3.66. The van der Waals surface area contributed by atoms with Crippen molar-refractivity contribution in [1.82, 2.24) is 4.90 Å². The van der Waals surface area contributed by atoms with E-state index in [1.54, 1.807) is 17.0 Å². The maximum atomic E-state index is 11.9. The number of phenolic OH excluding ortho intramolecular Hbond substituents is 1. The van der Waals surface area contributed by atoms with Gasteiger partial charge >= 0.3 is 0 Å². The van der Waals surface area contributed by atoms with Crippen LogP contribution in [0.1, 0.15) is 19.4 Å². The van der Waals surface area contributed by atoms with Crippen LogP contribution in [0.2, 0.25) is 0 Å². The number of carbonyl (C=O) groups excluding carboxylic acids is 1. The maximum absolute atomic E-state index is 11.9. The molecule has 1 aromatic rings. The van der Waals surface area contributed by atoms with Crippen LogP contribution in [0, 0.1) is 0 Å². The highest BCUT2D eigenvalue weighted by atomic mass is 16.5. The molecule has 0 saturated heterocycles. The zero-order valence-electron chi connectivity index (χ0n) is 10.6. The highest BCUT2D eigenvalue weighted by Crippen LogP contribution is 2.22. The minimum Gasteiger partial charge on any atom is -0.508 e. The van der Waals surface area contributed by atoms with Crippen LogP contribution in [0.15, 0.2) is 18.2 Å². The van der Waals surface area contributed by atoms with Gasteiger partial charge in [-0.05, 0) is 31.5 Å². The maximum Gasteiger partial charge on any atom is 0.226 e. The molecule has 0 saturated carbocycles. The Morgan fingerprint density at radius 3 is 2.47 bits per heavy atom. The molecular formula is C13H19NO3. The fourth-order valence-electron chi connectivity index (χ4n) is 1.73. The first kappa shape index (κ1) is 13.4. The molecule has 17 heavy (non-hydrogen) atoms. The lowest BCUT2D eigenvalue weighted by molar-refractivity contribution is -0.130. The molecule has 0 radical (unpaired) electrons. The number of carbonyl (C=O) groups is 1. The monoisotopic (exact) mass is 237 g/mol. The van der Waals surface area contributed by atoms with Crippen molar-refractivity contribution in [3.63, 3.8) is 0 Å². The van der Waals surface area contributed by atoms with Gasteiger partial charge in [-0.25, -0.2) is 0 Å². The van der Waals surface area contributed by atoms with Crippen LogP contribution in [0.4, 0.5) is 0 Å². The van der Waals surface area contributed by atoms with Crippen LogP contribution in [-0.2, 0) is 11.2 Å². The Bertz CT molecular complexity index is 386. The second-order valence-corrected chi connectivity index (χ2v) is 3.78. The third-order valence-corrected chi connectivity index (χ3v) is 2.66. The molecule has 0 aromatic heterocycles. The van der Waals surface area contributed by atoms with E-state index in [4.69, 9.17) is 4.74 Å². The molecule has 0 aliphatic heterocycles. The first-order valence-electron chi connectivity index (χ1n) is 5.75. The summed E-state index contributed by atoms with van der Waals surface area (Å²) in [5.41, 5.74) is 0.763. The smallest absolute Gasteiger partial charge is 0.226 e. The quantitative estimate of drug-likeness (QED) is 0.849. The first-order valence-corrected chi connectivity index (χ1v) is 5.75. The Labute approximate surface area is 102 Å². The predicted octanol–water partition coefficient (Wildman–Crippen LogP) is 1.81. The largest absolute Gasteiger partial charge is 0.508 e. The molecule has 1 rings (SSSR count). The molecule has 1 N–H and O–H groups in total. The van der Waals surface area contributed by atoms with Gasteiger partial charge in [0.15, 0.2) is 0 Å². The fourth-order valence-corrected chi connectivity index (χ4v) is 1.73. The standard InChI is InChI=1S/C13H19NO3/c1-4-14(5-2)13(16)8-10-6-11(15)9-12(7-10)17-3/h6-7,9,15H,4-5,8H2,1-3H3. The van der Waals surface area contributed by atoms with E-state index in [1.165, 1.54) is 13.2 Å². The van der Waals surface area contributed by atoms with Crippen molar-refractivity contribution in [2.45, 2.75) is 20.3 Å². The van der Waals surface area contributed by atoms with E-state index in [9.17, 15) is 9.90 Å². The summed E-state index contributed by atoms with van der Waals surface area (Å²) in [7, 11) is 1.53. The van der Waals surface area contributed by atoms with Crippen LogP contribution >= 0.6 is 0 Å². The second kappa shape index (κ2) is 6.13. The SMILES string of the molecule is CCN(CC)C(=O)Cc1cc(O)cc(OC)c1. The lowest BCUT2D eigenvalue weighted by Crippen LogP contribution is -2.31. The van der Waals surface area contributed by atoms with Crippen molar-refractivity contribution in [2.75, 3.05) is 20.2 Å². The van der Waals surface area contributed by atoms with Gasteiger partial charge < -0.3 is 14.7 Å². The van der Waals surface area contributed by atoms with E-state index >= 15 is 0 Å². The van der Waals surface area contributed by atoms with E-state index in [2.05, 4.69) is 0 Å². The molecule has 0 unspecified atom stereocenters. The Balaban J connectivity index is 2.80. The minimum absolute atomic E-state index is 0.0580. The van der Waals surface area contributed by atoms with Gasteiger partial charge in [0.2, 0.25) is 5.91 Å². The number of hydrogen-bond donors (Lipinski definition) is 1. The summed E-state index contributed by atoms with van der Waals surface area (Å²) in [4.78, 5) is 13.6. The van der Waals surface area contributed by atoms with E-state index in [0.29, 0.717) is 18.8 Å². The molecule has 94 valence electrons. The van der Waals surface area contributed by atoms with Crippen LogP contribution in [0.3, 0.4) is 0 Å². The Morgan fingerprint density at radius 1 is 1.29 bits per heavy atom. The van der Waals surface area contributed by atoms with Gasteiger partial charge in [0, 0.05) is 19.2 Å². The molecule has 1 aromatic carbocycles. The molecule has 0 spiro atoms. The van der Waals surface area contributed by atoms with E-state index in [0.717, 1.165) is 5.56 Å². The minimum atomic E-state index is 0.0580. The summed E-state index contributed by atoms with van der Waals surface area (Å²) < 4.78 is 5.05. The topological polar surface area (TPSA) is 49.8 Å². The van der Waals surface area contributed by atoms with Gasteiger partial charge in [0.1, 0.15) is 11.5 Å². The number of amides is 1. The number of ether oxygens (including phenoxy) is 1. The molecule has 0 bridgehead atoms. The average molecular weight is 237 g/mol. The summed E-state index contributed by atoms with van der Waals surface area (Å²) in [5.74, 6) is 0.738. The van der Waals surface area contributed by atoms with Gasteiger partial charge in [0.25, 0.3) is 0 Å². The summed E-state index contributed by atoms with van der Waals surface area (Å²) in [6.45, 7) is 5.30. The molecular weight excluding hydrogens is 218 g/mol. The second-order valence-electron chi connectivity index (χ2n) is 3.78. The predicted molar refractivity (Wildman–Crippen MR) is 66.3 cm³/mol. The number of benzene rings is 1. The van der Waals surface area contributed by atoms with Crippen molar-refractivity contribution in [3.8, 4) is 11.5 Å². The van der Waals surface area contributed by atoms with Gasteiger partial charge in [-0.2, -0.15) is 0 Å². The molecule has 0 aliphatic carbocycles. The zero-order chi connectivity index (χ0) is 12.8. The van der Waals surface area contributed by atoms with Crippen LogP contribution < -0.4 is 4.74 Å². The lowest BCUT2D eigenvalue weighted by Gasteiger charge is -2.18. The van der Waals surface area contributed by atoms with Crippen molar-refractivity contribution >= 4 is 5.91 Å².